The molecule has 5 heteroatoms. The van der Waals surface area contributed by atoms with Crippen molar-refractivity contribution in [2.45, 2.75) is 6.92 Å². The number of ether oxygens (including phenoxy) is 1. The first-order valence-corrected chi connectivity index (χ1v) is 5.41. The number of likely N-dealkylation sites (N-methyl/N-ethyl adjacent to an activating group) is 1. The predicted molar refractivity (Wildman–Crippen MR) is 71.1 cm³/mol. The molecule has 1 aromatic carbocycles. The van der Waals surface area contributed by atoms with E-state index in [4.69, 9.17) is 4.74 Å². The fourth-order valence-electron chi connectivity index (χ4n) is 1.31. The summed E-state index contributed by atoms with van der Waals surface area (Å²) in [7, 11) is 1.59. The summed E-state index contributed by atoms with van der Waals surface area (Å²) in [6.45, 7) is 4.36. The minimum atomic E-state index is -0.0724. The Morgan fingerprint density at radius 2 is 2.12 bits per heavy atom. The third-order valence-corrected chi connectivity index (χ3v) is 2.17. The summed E-state index contributed by atoms with van der Waals surface area (Å²) in [6.07, 6.45) is 0. The smallest absolute Gasteiger partial charge is 0.251 e. The Kier molecular flexibility index (Phi) is 8.19. The molecule has 0 aliphatic rings. The SMILES string of the molecule is CCNCCNC(=O)c1cccc(OC)c1.Cl. The van der Waals surface area contributed by atoms with Gasteiger partial charge in [0.25, 0.3) is 5.91 Å². The molecule has 96 valence electrons. The van der Waals surface area contributed by atoms with Gasteiger partial charge in [-0.25, -0.2) is 0 Å². The molecular formula is C12H19ClN2O2. The Morgan fingerprint density at radius 1 is 1.35 bits per heavy atom. The first kappa shape index (κ1) is 15.7. The van der Waals surface area contributed by atoms with Gasteiger partial charge in [0.2, 0.25) is 0 Å². The number of nitrogens with one attached hydrogen (secondary N) is 2. The zero-order valence-electron chi connectivity index (χ0n) is 10.2. The van der Waals surface area contributed by atoms with E-state index in [0.717, 1.165) is 13.1 Å². The molecule has 0 atom stereocenters. The molecule has 1 rings (SSSR count). The molecule has 0 aliphatic carbocycles. The van der Waals surface area contributed by atoms with Crippen molar-refractivity contribution in [2.75, 3.05) is 26.7 Å². The highest BCUT2D eigenvalue weighted by molar-refractivity contribution is 5.94. The Labute approximate surface area is 108 Å². The number of hydrogen-bond donors (Lipinski definition) is 2. The first-order valence-electron chi connectivity index (χ1n) is 5.41. The highest BCUT2D eigenvalue weighted by Gasteiger charge is 2.04. The fraction of sp³-hybridized carbons (Fsp3) is 0.417. The van der Waals surface area contributed by atoms with Crippen LogP contribution in [-0.4, -0.2) is 32.7 Å². The molecule has 0 unspecified atom stereocenters. The summed E-state index contributed by atoms with van der Waals surface area (Å²) >= 11 is 0. The lowest BCUT2D eigenvalue weighted by Gasteiger charge is -2.06. The molecule has 0 bridgehead atoms. The quantitative estimate of drug-likeness (QED) is 0.760. The second-order valence-electron chi connectivity index (χ2n) is 3.34. The van der Waals surface area contributed by atoms with E-state index in [9.17, 15) is 4.79 Å². The maximum Gasteiger partial charge on any atom is 0.251 e. The van der Waals surface area contributed by atoms with Gasteiger partial charge in [0, 0.05) is 18.7 Å². The van der Waals surface area contributed by atoms with E-state index in [1.165, 1.54) is 0 Å². The highest BCUT2D eigenvalue weighted by Crippen LogP contribution is 2.11. The topological polar surface area (TPSA) is 50.4 Å². The van der Waals surface area contributed by atoms with E-state index in [2.05, 4.69) is 10.6 Å². The van der Waals surface area contributed by atoms with Crippen molar-refractivity contribution < 1.29 is 9.53 Å². The van der Waals surface area contributed by atoms with Crippen LogP contribution in [-0.2, 0) is 0 Å². The number of carbonyl (C=O) groups excluding carboxylic acids is 1. The minimum absolute atomic E-state index is 0. The number of benzene rings is 1. The lowest BCUT2D eigenvalue weighted by Crippen LogP contribution is -2.31. The molecule has 0 saturated heterocycles. The number of methoxy groups -OCH3 is 1. The maximum atomic E-state index is 11.7. The first-order chi connectivity index (χ1) is 7.77. The number of hydrogen-bond acceptors (Lipinski definition) is 3. The van der Waals surface area contributed by atoms with Gasteiger partial charge in [0.1, 0.15) is 5.75 Å². The zero-order chi connectivity index (χ0) is 11.8. The lowest BCUT2D eigenvalue weighted by atomic mass is 10.2. The van der Waals surface area contributed by atoms with Gasteiger partial charge in [-0.15, -0.1) is 12.4 Å². The Hall–Kier alpha value is -1.26. The Bertz CT molecular complexity index is 345. The fourth-order valence-corrected chi connectivity index (χ4v) is 1.31. The number of carbonyl (C=O) groups is 1. The average Bonchev–Trinajstić information content (AvgIpc) is 2.34. The molecule has 0 aromatic heterocycles. The van der Waals surface area contributed by atoms with Gasteiger partial charge in [0.05, 0.1) is 7.11 Å². The van der Waals surface area contributed by atoms with Crippen molar-refractivity contribution in [3.8, 4) is 5.75 Å². The predicted octanol–water partition coefficient (Wildman–Crippen LogP) is 1.46. The summed E-state index contributed by atoms with van der Waals surface area (Å²) in [5.74, 6) is 0.621. The molecule has 0 fully saturated rings. The van der Waals surface area contributed by atoms with Crippen LogP contribution in [0.4, 0.5) is 0 Å². The van der Waals surface area contributed by atoms with E-state index < -0.39 is 0 Å². The summed E-state index contributed by atoms with van der Waals surface area (Å²) in [4.78, 5) is 11.7. The van der Waals surface area contributed by atoms with Gasteiger partial charge in [0.15, 0.2) is 0 Å². The second-order valence-corrected chi connectivity index (χ2v) is 3.34. The van der Waals surface area contributed by atoms with E-state index >= 15 is 0 Å². The van der Waals surface area contributed by atoms with Crippen LogP contribution in [0.1, 0.15) is 17.3 Å². The number of rotatable bonds is 6. The molecule has 1 amide bonds. The molecule has 0 spiro atoms. The van der Waals surface area contributed by atoms with Crippen molar-refractivity contribution >= 4 is 18.3 Å². The summed E-state index contributed by atoms with van der Waals surface area (Å²) in [5, 5.41) is 5.97. The van der Waals surface area contributed by atoms with Crippen LogP contribution in [0.5, 0.6) is 5.75 Å². The minimum Gasteiger partial charge on any atom is -0.497 e. The van der Waals surface area contributed by atoms with Gasteiger partial charge in [-0.1, -0.05) is 13.0 Å². The van der Waals surface area contributed by atoms with Gasteiger partial charge >= 0.3 is 0 Å². The molecular weight excluding hydrogens is 240 g/mol. The highest BCUT2D eigenvalue weighted by atomic mass is 35.5. The molecule has 0 aliphatic heterocycles. The Balaban J connectivity index is 0.00000256. The normalized spacial score (nSPS) is 9.29. The van der Waals surface area contributed by atoms with E-state index in [1.807, 2.05) is 13.0 Å². The van der Waals surface area contributed by atoms with Crippen LogP contribution in [0.15, 0.2) is 24.3 Å². The average molecular weight is 259 g/mol. The van der Waals surface area contributed by atoms with E-state index in [1.54, 1.807) is 25.3 Å². The third kappa shape index (κ3) is 5.56. The zero-order valence-corrected chi connectivity index (χ0v) is 11.0. The molecule has 17 heavy (non-hydrogen) atoms. The van der Waals surface area contributed by atoms with Crippen LogP contribution in [0.3, 0.4) is 0 Å². The molecule has 0 saturated carbocycles. The van der Waals surface area contributed by atoms with Crippen LogP contribution in [0, 0.1) is 0 Å². The van der Waals surface area contributed by atoms with E-state index in [-0.39, 0.29) is 18.3 Å². The van der Waals surface area contributed by atoms with Gasteiger partial charge in [-0.3, -0.25) is 4.79 Å². The van der Waals surface area contributed by atoms with Crippen LogP contribution < -0.4 is 15.4 Å². The second kappa shape index (κ2) is 8.84. The van der Waals surface area contributed by atoms with Crippen molar-refractivity contribution in [3.63, 3.8) is 0 Å². The number of amides is 1. The Morgan fingerprint density at radius 3 is 2.76 bits per heavy atom. The summed E-state index contributed by atoms with van der Waals surface area (Å²) < 4.78 is 5.06. The van der Waals surface area contributed by atoms with Crippen molar-refractivity contribution in [3.05, 3.63) is 29.8 Å². The van der Waals surface area contributed by atoms with Crippen LogP contribution in [0.2, 0.25) is 0 Å². The molecule has 0 radical (unpaired) electrons. The monoisotopic (exact) mass is 258 g/mol. The number of halogens is 1. The van der Waals surface area contributed by atoms with Crippen LogP contribution >= 0.6 is 12.4 Å². The molecule has 0 heterocycles. The maximum absolute atomic E-state index is 11.7. The van der Waals surface area contributed by atoms with Crippen LogP contribution in [0.25, 0.3) is 0 Å². The molecule has 1 aromatic rings. The molecule has 2 N–H and O–H groups in total. The summed E-state index contributed by atoms with van der Waals surface area (Å²) in [5.41, 5.74) is 0.621. The van der Waals surface area contributed by atoms with E-state index in [0.29, 0.717) is 17.9 Å². The standard InChI is InChI=1S/C12H18N2O2.ClH/c1-3-13-7-8-14-12(15)10-5-4-6-11(9-10)16-2;/h4-6,9,13H,3,7-8H2,1-2H3,(H,14,15);1H. The molecule has 4 nitrogen and oxygen atoms in total. The van der Waals surface area contributed by atoms with Crippen molar-refractivity contribution in [1.82, 2.24) is 10.6 Å². The van der Waals surface area contributed by atoms with Gasteiger partial charge in [-0.05, 0) is 24.7 Å². The summed E-state index contributed by atoms with van der Waals surface area (Å²) in [6, 6.07) is 7.11. The largest absolute Gasteiger partial charge is 0.497 e. The van der Waals surface area contributed by atoms with Crippen molar-refractivity contribution in [1.29, 1.82) is 0 Å². The lowest BCUT2D eigenvalue weighted by molar-refractivity contribution is 0.0953. The third-order valence-electron chi connectivity index (χ3n) is 2.17. The van der Waals surface area contributed by atoms with Crippen molar-refractivity contribution in [2.24, 2.45) is 0 Å². The van der Waals surface area contributed by atoms with Gasteiger partial charge in [-0.2, -0.15) is 0 Å². The van der Waals surface area contributed by atoms with Gasteiger partial charge < -0.3 is 15.4 Å².